The molecule has 0 saturated carbocycles. The summed E-state index contributed by atoms with van der Waals surface area (Å²) in [4.78, 5) is 25.8. The number of nitrogens with one attached hydrogen (secondary N) is 3. The summed E-state index contributed by atoms with van der Waals surface area (Å²) in [5.41, 5.74) is 4.75. The molecule has 0 aliphatic carbocycles. The van der Waals surface area contributed by atoms with Gasteiger partial charge in [0.1, 0.15) is 11.0 Å². The van der Waals surface area contributed by atoms with Gasteiger partial charge in [0.25, 0.3) is 0 Å². The fourth-order valence-corrected chi connectivity index (χ4v) is 4.05. The maximum Gasteiger partial charge on any atom is 0.319 e. The molecule has 4 rings (SSSR count). The SMILES string of the molecule is Cc1ccc(NC(=O)NC(Cc2ccccc2)C(=O)Nc2nnc(-c3ccc(C)cc3)s2)cc1. The standard InChI is InChI=1S/C26H25N5O2S/c1-17-8-12-20(13-9-17)24-30-31-26(34-24)29-23(32)22(16-19-6-4-3-5-7-19)28-25(33)27-21-14-10-18(2)11-15-21/h3-15,22H,16H2,1-2H3,(H2,27,28,33)(H,29,31,32). The molecule has 34 heavy (non-hydrogen) atoms. The molecule has 0 aliphatic rings. The molecule has 1 unspecified atom stereocenters. The summed E-state index contributed by atoms with van der Waals surface area (Å²) in [7, 11) is 0. The molecular weight excluding hydrogens is 446 g/mol. The van der Waals surface area contributed by atoms with E-state index in [0.717, 1.165) is 22.3 Å². The van der Waals surface area contributed by atoms with Crippen LogP contribution >= 0.6 is 11.3 Å². The number of hydrogen-bond donors (Lipinski definition) is 3. The second kappa shape index (κ2) is 10.7. The minimum atomic E-state index is -0.806. The number of rotatable bonds is 7. The van der Waals surface area contributed by atoms with Crippen molar-refractivity contribution in [3.8, 4) is 10.6 Å². The van der Waals surface area contributed by atoms with Gasteiger partial charge in [-0.05, 0) is 31.5 Å². The van der Waals surface area contributed by atoms with Crippen LogP contribution in [0.15, 0.2) is 78.9 Å². The van der Waals surface area contributed by atoms with Gasteiger partial charge in [0, 0.05) is 17.7 Å². The maximum absolute atomic E-state index is 13.1. The number of nitrogens with zero attached hydrogens (tertiary/aromatic N) is 2. The summed E-state index contributed by atoms with van der Waals surface area (Å²) in [5, 5.41) is 17.8. The zero-order chi connectivity index (χ0) is 23.9. The second-order valence-electron chi connectivity index (χ2n) is 7.97. The zero-order valence-corrected chi connectivity index (χ0v) is 19.7. The molecule has 4 aromatic rings. The van der Waals surface area contributed by atoms with Crippen LogP contribution in [-0.2, 0) is 11.2 Å². The van der Waals surface area contributed by atoms with Gasteiger partial charge >= 0.3 is 6.03 Å². The van der Waals surface area contributed by atoms with Crippen molar-refractivity contribution < 1.29 is 9.59 Å². The van der Waals surface area contributed by atoms with Crippen molar-refractivity contribution in [2.45, 2.75) is 26.3 Å². The van der Waals surface area contributed by atoms with Gasteiger partial charge in [-0.1, -0.05) is 89.2 Å². The highest BCUT2D eigenvalue weighted by atomic mass is 32.1. The van der Waals surface area contributed by atoms with Crippen LogP contribution in [0.2, 0.25) is 0 Å². The topological polar surface area (TPSA) is 96.0 Å². The number of carbonyl (C=O) groups is 2. The highest BCUT2D eigenvalue weighted by Crippen LogP contribution is 2.26. The number of benzene rings is 3. The summed E-state index contributed by atoms with van der Waals surface area (Å²) < 4.78 is 0. The van der Waals surface area contributed by atoms with Gasteiger partial charge in [-0.25, -0.2) is 4.79 Å². The summed E-state index contributed by atoms with van der Waals surface area (Å²) in [6.07, 6.45) is 0.331. The van der Waals surface area contributed by atoms with Crippen LogP contribution in [0.1, 0.15) is 16.7 Å². The molecule has 1 atom stereocenters. The number of aromatic nitrogens is 2. The number of amides is 3. The summed E-state index contributed by atoms with van der Waals surface area (Å²) >= 11 is 1.28. The Kier molecular flexibility index (Phi) is 7.29. The molecule has 0 spiro atoms. The second-order valence-corrected chi connectivity index (χ2v) is 8.95. The first-order valence-electron chi connectivity index (χ1n) is 10.9. The Balaban J connectivity index is 1.46. The van der Waals surface area contributed by atoms with E-state index in [1.807, 2.05) is 92.7 Å². The van der Waals surface area contributed by atoms with Crippen LogP contribution in [-0.4, -0.2) is 28.2 Å². The molecule has 8 heteroatoms. The maximum atomic E-state index is 13.1. The monoisotopic (exact) mass is 471 g/mol. The Bertz CT molecular complexity index is 1250. The van der Waals surface area contributed by atoms with E-state index in [0.29, 0.717) is 22.2 Å². The molecule has 0 fully saturated rings. The van der Waals surface area contributed by atoms with E-state index >= 15 is 0 Å². The van der Waals surface area contributed by atoms with Gasteiger partial charge in [0.15, 0.2) is 0 Å². The van der Waals surface area contributed by atoms with E-state index in [1.54, 1.807) is 0 Å². The summed E-state index contributed by atoms with van der Waals surface area (Å²) in [5.74, 6) is -0.366. The lowest BCUT2D eigenvalue weighted by molar-refractivity contribution is -0.117. The van der Waals surface area contributed by atoms with E-state index in [1.165, 1.54) is 11.3 Å². The first kappa shape index (κ1) is 23.1. The van der Waals surface area contributed by atoms with Crippen molar-refractivity contribution in [1.82, 2.24) is 15.5 Å². The van der Waals surface area contributed by atoms with Crippen LogP contribution in [0.5, 0.6) is 0 Å². The minimum Gasteiger partial charge on any atom is -0.326 e. The molecule has 0 aliphatic heterocycles. The Morgan fingerprint density at radius 1 is 0.824 bits per heavy atom. The average molecular weight is 472 g/mol. The van der Waals surface area contributed by atoms with Gasteiger partial charge < -0.3 is 10.6 Å². The molecular formula is C26H25N5O2S. The molecule has 0 radical (unpaired) electrons. The molecule has 7 nitrogen and oxygen atoms in total. The minimum absolute atomic E-state index is 0.331. The highest BCUT2D eigenvalue weighted by Gasteiger charge is 2.23. The third-order valence-corrected chi connectivity index (χ3v) is 6.06. The third-order valence-electron chi connectivity index (χ3n) is 5.17. The van der Waals surface area contributed by atoms with Gasteiger partial charge in [-0.2, -0.15) is 0 Å². The van der Waals surface area contributed by atoms with Crippen LogP contribution in [0.3, 0.4) is 0 Å². The van der Waals surface area contributed by atoms with E-state index in [9.17, 15) is 9.59 Å². The van der Waals surface area contributed by atoms with Crippen molar-refractivity contribution in [2.24, 2.45) is 0 Å². The van der Waals surface area contributed by atoms with Crippen LogP contribution in [0.25, 0.3) is 10.6 Å². The largest absolute Gasteiger partial charge is 0.326 e. The Hall–Kier alpha value is -4.04. The van der Waals surface area contributed by atoms with E-state index in [2.05, 4.69) is 26.1 Å². The van der Waals surface area contributed by atoms with Crippen molar-refractivity contribution in [3.63, 3.8) is 0 Å². The molecule has 172 valence electrons. The molecule has 3 amide bonds. The smallest absolute Gasteiger partial charge is 0.319 e. The molecule has 3 aromatic carbocycles. The van der Waals surface area contributed by atoms with E-state index in [-0.39, 0.29) is 5.91 Å². The quantitative estimate of drug-likeness (QED) is 0.345. The van der Waals surface area contributed by atoms with Crippen molar-refractivity contribution in [2.75, 3.05) is 10.6 Å². The van der Waals surface area contributed by atoms with E-state index in [4.69, 9.17) is 0 Å². The molecule has 1 aromatic heterocycles. The lowest BCUT2D eigenvalue weighted by Crippen LogP contribution is -2.46. The van der Waals surface area contributed by atoms with Crippen LogP contribution in [0.4, 0.5) is 15.6 Å². The van der Waals surface area contributed by atoms with Crippen molar-refractivity contribution in [3.05, 3.63) is 95.6 Å². The predicted molar refractivity (Wildman–Crippen MR) is 136 cm³/mol. The van der Waals surface area contributed by atoms with Crippen molar-refractivity contribution in [1.29, 1.82) is 0 Å². The van der Waals surface area contributed by atoms with Crippen LogP contribution < -0.4 is 16.0 Å². The molecule has 0 bridgehead atoms. The number of carbonyl (C=O) groups excluding carboxylic acids is 2. The van der Waals surface area contributed by atoms with Gasteiger partial charge in [0.2, 0.25) is 11.0 Å². The number of anilines is 2. The highest BCUT2D eigenvalue weighted by molar-refractivity contribution is 7.18. The Labute approximate surface area is 202 Å². The third kappa shape index (κ3) is 6.26. The first-order valence-corrected chi connectivity index (χ1v) is 11.7. The van der Waals surface area contributed by atoms with Crippen molar-refractivity contribution >= 4 is 34.1 Å². The lowest BCUT2D eigenvalue weighted by atomic mass is 10.1. The average Bonchev–Trinajstić information content (AvgIpc) is 3.29. The first-order chi connectivity index (χ1) is 16.5. The zero-order valence-electron chi connectivity index (χ0n) is 18.9. The lowest BCUT2D eigenvalue weighted by Gasteiger charge is -2.18. The van der Waals surface area contributed by atoms with Gasteiger partial charge in [-0.15, -0.1) is 10.2 Å². The Morgan fingerprint density at radius 2 is 1.47 bits per heavy atom. The molecule has 3 N–H and O–H groups in total. The number of aryl methyl sites for hydroxylation is 2. The number of urea groups is 1. The molecule has 0 saturated heterocycles. The fourth-order valence-electron chi connectivity index (χ4n) is 3.30. The van der Waals surface area contributed by atoms with E-state index < -0.39 is 12.1 Å². The van der Waals surface area contributed by atoms with Crippen LogP contribution in [0, 0.1) is 13.8 Å². The number of hydrogen-bond acceptors (Lipinski definition) is 5. The fraction of sp³-hybridized carbons (Fsp3) is 0.154. The molecule has 1 heterocycles. The van der Waals surface area contributed by atoms with Gasteiger partial charge in [-0.3, -0.25) is 10.1 Å². The normalized spacial score (nSPS) is 11.5. The summed E-state index contributed by atoms with van der Waals surface area (Å²) in [6, 6.07) is 23.7. The Morgan fingerprint density at radius 3 is 2.15 bits per heavy atom. The summed E-state index contributed by atoms with van der Waals surface area (Å²) in [6.45, 7) is 3.99. The predicted octanol–water partition coefficient (Wildman–Crippen LogP) is 5.19. The van der Waals surface area contributed by atoms with Gasteiger partial charge in [0.05, 0.1) is 0 Å².